The average Bonchev–Trinajstić information content (AvgIpc) is 3.09. The quantitative estimate of drug-likeness (QED) is 0.279. The topological polar surface area (TPSA) is 96.3 Å². The van der Waals surface area contributed by atoms with Gasteiger partial charge in [0, 0.05) is 40.7 Å². The second-order valence-electron chi connectivity index (χ2n) is 9.61. The number of fused-ring (bicyclic) bond motifs is 2. The molecule has 1 aromatic heterocycles. The molecule has 0 saturated carbocycles. The Morgan fingerprint density at radius 2 is 1.65 bits per heavy atom. The van der Waals surface area contributed by atoms with E-state index in [9.17, 15) is 9.59 Å². The van der Waals surface area contributed by atoms with Crippen molar-refractivity contribution < 1.29 is 9.59 Å². The number of aromatic nitrogens is 2. The molecule has 7 nitrogen and oxygen atoms in total. The van der Waals surface area contributed by atoms with E-state index in [4.69, 9.17) is 16.6 Å². The summed E-state index contributed by atoms with van der Waals surface area (Å²) in [4.78, 5) is 38.7. The van der Waals surface area contributed by atoms with E-state index in [1.807, 2.05) is 48.5 Å². The van der Waals surface area contributed by atoms with Crippen molar-refractivity contribution >= 4 is 51.3 Å². The van der Waals surface area contributed by atoms with Crippen molar-refractivity contribution in [3.63, 3.8) is 0 Å². The number of benzene rings is 4. The Morgan fingerprint density at radius 1 is 0.875 bits per heavy atom. The fraction of sp³-hybridized carbons (Fsp3) is 0.0938. The van der Waals surface area contributed by atoms with E-state index >= 15 is 0 Å². The van der Waals surface area contributed by atoms with Crippen LogP contribution in [0.2, 0.25) is 5.02 Å². The number of amides is 2. The fourth-order valence-corrected chi connectivity index (χ4v) is 4.98. The molecule has 0 spiro atoms. The molecule has 8 heteroatoms. The lowest BCUT2D eigenvalue weighted by Gasteiger charge is -2.12. The van der Waals surface area contributed by atoms with Gasteiger partial charge in [-0.05, 0) is 52.2 Å². The van der Waals surface area contributed by atoms with Gasteiger partial charge in [0.05, 0.1) is 17.8 Å². The van der Waals surface area contributed by atoms with Crippen LogP contribution in [0.1, 0.15) is 22.3 Å². The number of nitrogens with zero attached hydrogens (tertiary/aromatic N) is 3. The summed E-state index contributed by atoms with van der Waals surface area (Å²) in [6.07, 6.45) is 5.28. The van der Waals surface area contributed by atoms with Gasteiger partial charge in [0.2, 0.25) is 11.8 Å². The molecule has 0 bridgehead atoms. The summed E-state index contributed by atoms with van der Waals surface area (Å²) in [5.74, 6) is -0.361. The molecule has 2 N–H and O–H groups in total. The molecule has 0 saturated heterocycles. The third kappa shape index (κ3) is 5.60. The van der Waals surface area contributed by atoms with Crippen molar-refractivity contribution in [2.45, 2.75) is 18.9 Å². The molecule has 0 radical (unpaired) electrons. The van der Waals surface area contributed by atoms with Crippen LogP contribution < -0.4 is 10.6 Å². The number of rotatable bonds is 6. The van der Waals surface area contributed by atoms with E-state index < -0.39 is 6.04 Å². The summed E-state index contributed by atoms with van der Waals surface area (Å²) < 4.78 is 0. The molecule has 1 aliphatic rings. The summed E-state index contributed by atoms with van der Waals surface area (Å²) in [6.45, 7) is 0. The van der Waals surface area contributed by atoms with Crippen molar-refractivity contribution in [3.05, 3.63) is 131 Å². The first-order valence-electron chi connectivity index (χ1n) is 12.8. The van der Waals surface area contributed by atoms with Gasteiger partial charge in [-0.25, -0.2) is 9.97 Å². The number of hydrogen-bond acceptors (Lipinski definition) is 5. The van der Waals surface area contributed by atoms with Gasteiger partial charge in [-0.2, -0.15) is 0 Å². The monoisotopic (exact) mass is 545 g/mol. The Labute approximate surface area is 236 Å². The summed E-state index contributed by atoms with van der Waals surface area (Å²) in [5.41, 5.74) is 5.28. The zero-order chi connectivity index (χ0) is 27.5. The molecule has 4 aromatic carbocycles. The maximum Gasteiger partial charge on any atom is 0.249 e. The van der Waals surface area contributed by atoms with Crippen LogP contribution in [0, 0.1) is 0 Å². The molecule has 2 heterocycles. The number of anilines is 2. The van der Waals surface area contributed by atoms with Gasteiger partial charge < -0.3 is 10.6 Å². The van der Waals surface area contributed by atoms with Gasteiger partial charge >= 0.3 is 0 Å². The molecule has 0 aliphatic carbocycles. The number of aliphatic imine (C=N–C) groups is 1. The average molecular weight is 546 g/mol. The van der Waals surface area contributed by atoms with Gasteiger partial charge in [0.15, 0.2) is 0 Å². The third-order valence-corrected chi connectivity index (χ3v) is 6.98. The van der Waals surface area contributed by atoms with Crippen molar-refractivity contribution in [2.75, 3.05) is 10.6 Å². The molecule has 6 rings (SSSR count). The highest BCUT2D eigenvalue weighted by molar-refractivity contribution is 6.31. The van der Waals surface area contributed by atoms with Crippen LogP contribution in [-0.2, 0) is 22.4 Å². The first-order chi connectivity index (χ1) is 19.5. The lowest BCUT2D eigenvalue weighted by atomic mass is 9.99. The molecule has 2 amide bonds. The third-order valence-electron chi connectivity index (χ3n) is 6.75. The van der Waals surface area contributed by atoms with E-state index in [0.29, 0.717) is 28.5 Å². The predicted molar refractivity (Wildman–Crippen MR) is 158 cm³/mol. The summed E-state index contributed by atoms with van der Waals surface area (Å²) >= 11 is 6.28. The molecule has 1 unspecified atom stereocenters. The fourth-order valence-electron chi connectivity index (χ4n) is 4.81. The highest BCUT2D eigenvalue weighted by Gasteiger charge is 2.26. The van der Waals surface area contributed by atoms with Crippen LogP contribution in [0.4, 0.5) is 11.4 Å². The zero-order valence-corrected chi connectivity index (χ0v) is 22.1. The second kappa shape index (κ2) is 11.1. The molecular weight excluding hydrogens is 522 g/mol. The first-order valence-corrected chi connectivity index (χ1v) is 13.2. The number of hydrogen-bond donors (Lipinski definition) is 2. The van der Waals surface area contributed by atoms with E-state index in [-0.39, 0.29) is 18.2 Å². The Kier molecular flexibility index (Phi) is 7.04. The molecule has 40 heavy (non-hydrogen) atoms. The van der Waals surface area contributed by atoms with Crippen LogP contribution in [0.3, 0.4) is 0 Å². The zero-order valence-electron chi connectivity index (χ0n) is 21.3. The van der Waals surface area contributed by atoms with Crippen LogP contribution in [-0.4, -0.2) is 33.5 Å². The minimum Gasteiger partial charge on any atom is -0.326 e. The van der Waals surface area contributed by atoms with Gasteiger partial charge in [-0.3, -0.25) is 14.6 Å². The number of benzodiazepines with no additional fused rings is 1. The van der Waals surface area contributed by atoms with Gasteiger partial charge in [-0.1, -0.05) is 66.2 Å². The first kappa shape index (κ1) is 25.4. The largest absolute Gasteiger partial charge is 0.326 e. The Morgan fingerprint density at radius 3 is 2.45 bits per heavy atom. The van der Waals surface area contributed by atoms with Gasteiger partial charge in [0.1, 0.15) is 12.4 Å². The maximum absolute atomic E-state index is 13.3. The molecule has 1 atom stereocenters. The van der Waals surface area contributed by atoms with Crippen LogP contribution in [0.25, 0.3) is 10.8 Å². The Bertz CT molecular complexity index is 1750. The minimum atomic E-state index is -0.644. The lowest BCUT2D eigenvalue weighted by Crippen LogP contribution is -2.27. The summed E-state index contributed by atoms with van der Waals surface area (Å²) in [5, 5.41) is 8.71. The van der Waals surface area contributed by atoms with Crippen molar-refractivity contribution in [1.82, 2.24) is 9.97 Å². The molecule has 5 aromatic rings. The van der Waals surface area contributed by atoms with Crippen molar-refractivity contribution in [2.24, 2.45) is 4.99 Å². The van der Waals surface area contributed by atoms with E-state index in [2.05, 4.69) is 44.9 Å². The molecular formula is C32H24ClN5O2. The SMILES string of the molecule is O=C(Cc1cncnc1)Nc1ccc(C2=NC(Cc3ccc4ccccc4c3)C(=O)Nc3cc(Cl)ccc32)cc1. The van der Waals surface area contributed by atoms with E-state index in [1.165, 1.54) is 6.33 Å². The van der Waals surface area contributed by atoms with Crippen molar-refractivity contribution in [1.29, 1.82) is 0 Å². The minimum absolute atomic E-state index is 0.167. The summed E-state index contributed by atoms with van der Waals surface area (Å²) in [7, 11) is 0. The van der Waals surface area contributed by atoms with Crippen LogP contribution in [0.5, 0.6) is 0 Å². The number of nitrogens with one attached hydrogen (secondary N) is 2. The van der Waals surface area contributed by atoms with E-state index in [0.717, 1.165) is 33.0 Å². The van der Waals surface area contributed by atoms with Crippen LogP contribution in [0.15, 0.2) is 109 Å². The number of carbonyl (C=O) groups is 2. The molecule has 1 aliphatic heterocycles. The summed E-state index contributed by atoms with van der Waals surface area (Å²) in [6, 6.07) is 26.5. The molecule has 0 fully saturated rings. The second-order valence-corrected chi connectivity index (χ2v) is 10.0. The van der Waals surface area contributed by atoms with Gasteiger partial charge in [0.25, 0.3) is 0 Å². The number of carbonyl (C=O) groups excluding carboxylic acids is 2. The lowest BCUT2D eigenvalue weighted by molar-refractivity contribution is -0.117. The van der Waals surface area contributed by atoms with Gasteiger partial charge in [-0.15, -0.1) is 0 Å². The number of halogens is 1. The Hall–Kier alpha value is -4.88. The predicted octanol–water partition coefficient (Wildman–Crippen LogP) is 5.87. The van der Waals surface area contributed by atoms with Crippen molar-refractivity contribution in [3.8, 4) is 0 Å². The smallest absolute Gasteiger partial charge is 0.249 e. The van der Waals surface area contributed by atoms with E-state index in [1.54, 1.807) is 24.5 Å². The maximum atomic E-state index is 13.3. The molecule has 196 valence electrons. The normalized spacial score (nSPS) is 14.6. The van der Waals surface area contributed by atoms with Crippen LogP contribution >= 0.6 is 11.6 Å². The highest BCUT2D eigenvalue weighted by atomic mass is 35.5. The standard InChI is InChI=1S/C32H24ClN5O2/c33-25-9-12-27-28(16-25)38-32(40)29(14-20-5-6-22-3-1-2-4-24(22)13-20)37-31(27)23-7-10-26(11-8-23)36-30(39)15-21-17-34-19-35-18-21/h1-13,16-19,29H,14-15H2,(H,36,39)(H,38,40). The Balaban J connectivity index is 1.30. The highest BCUT2D eigenvalue weighted by Crippen LogP contribution is 2.29.